The van der Waals surface area contributed by atoms with E-state index in [9.17, 15) is 4.39 Å². The van der Waals surface area contributed by atoms with Crippen molar-refractivity contribution in [3.63, 3.8) is 0 Å². The van der Waals surface area contributed by atoms with Gasteiger partial charge in [0.05, 0.1) is 0 Å². The second-order valence-corrected chi connectivity index (χ2v) is 4.29. The molecule has 2 aromatic rings. The Kier molecular flexibility index (Phi) is 3.77. The predicted molar refractivity (Wildman–Crippen MR) is 69.6 cm³/mol. The Hall–Kier alpha value is -1.38. The molecular weight excluding hydrogens is 237 g/mol. The van der Waals surface area contributed by atoms with Crippen molar-refractivity contribution in [2.45, 2.75) is 6.42 Å². The van der Waals surface area contributed by atoms with Crippen molar-refractivity contribution in [3.8, 4) is 11.1 Å². The lowest BCUT2D eigenvalue weighted by Gasteiger charge is -2.06. The number of rotatable bonds is 3. The highest BCUT2D eigenvalue weighted by molar-refractivity contribution is 6.30. The summed E-state index contributed by atoms with van der Waals surface area (Å²) in [5, 5.41) is 0.673. The Bertz CT molecular complexity index is 525. The molecule has 0 aliphatic carbocycles. The summed E-state index contributed by atoms with van der Waals surface area (Å²) >= 11 is 5.93. The van der Waals surface area contributed by atoms with E-state index in [4.69, 9.17) is 17.3 Å². The number of benzene rings is 2. The summed E-state index contributed by atoms with van der Waals surface area (Å²) in [5.74, 6) is -0.207. The summed E-state index contributed by atoms with van der Waals surface area (Å²) in [6, 6.07) is 12.6. The van der Waals surface area contributed by atoms with Gasteiger partial charge in [0.25, 0.3) is 0 Å². The SMILES string of the molecule is NCCc1cc(-c2cccc(Cl)c2)ccc1F. The van der Waals surface area contributed by atoms with Crippen molar-refractivity contribution in [2.24, 2.45) is 5.73 Å². The van der Waals surface area contributed by atoms with Crippen molar-refractivity contribution in [1.29, 1.82) is 0 Å². The molecule has 2 N–H and O–H groups in total. The van der Waals surface area contributed by atoms with Gasteiger partial charge >= 0.3 is 0 Å². The van der Waals surface area contributed by atoms with Crippen LogP contribution in [0, 0.1) is 5.82 Å². The third kappa shape index (κ3) is 2.84. The van der Waals surface area contributed by atoms with Crippen LogP contribution in [0.3, 0.4) is 0 Å². The maximum Gasteiger partial charge on any atom is 0.126 e. The number of nitrogens with two attached hydrogens (primary N) is 1. The summed E-state index contributed by atoms with van der Waals surface area (Å²) in [6.07, 6.45) is 0.542. The molecule has 0 fully saturated rings. The van der Waals surface area contributed by atoms with E-state index in [0.29, 0.717) is 23.6 Å². The zero-order valence-corrected chi connectivity index (χ0v) is 10.0. The fraction of sp³-hybridized carbons (Fsp3) is 0.143. The van der Waals surface area contributed by atoms with Crippen LogP contribution in [0.1, 0.15) is 5.56 Å². The zero-order valence-electron chi connectivity index (χ0n) is 9.29. The van der Waals surface area contributed by atoms with Gasteiger partial charge in [0, 0.05) is 5.02 Å². The first-order valence-corrected chi connectivity index (χ1v) is 5.83. The summed E-state index contributed by atoms with van der Waals surface area (Å²) in [4.78, 5) is 0. The summed E-state index contributed by atoms with van der Waals surface area (Å²) in [6.45, 7) is 0.440. The van der Waals surface area contributed by atoms with Gasteiger partial charge in [-0.05, 0) is 53.9 Å². The highest BCUT2D eigenvalue weighted by atomic mass is 35.5. The van der Waals surface area contributed by atoms with Crippen molar-refractivity contribution in [1.82, 2.24) is 0 Å². The Morgan fingerprint density at radius 3 is 2.53 bits per heavy atom. The first-order chi connectivity index (χ1) is 8.20. The van der Waals surface area contributed by atoms with Gasteiger partial charge in [-0.25, -0.2) is 4.39 Å². The van der Waals surface area contributed by atoms with Crippen LogP contribution < -0.4 is 5.73 Å². The van der Waals surface area contributed by atoms with E-state index in [0.717, 1.165) is 11.1 Å². The van der Waals surface area contributed by atoms with Crippen LogP contribution in [0.15, 0.2) is 42.5 Å². The van der Waals surface area contributed by atoms with E-state index >= 15 is 0 Å². The van der Waals surface area contributed by atoms with E-state index in [1.54, 1.807) is 6.07 Å². The first-order valence-electron chi connectivity index (χ1n) is 5.45. The first kappa shape index (κ1) is 12.1. The van der Waals surface area contributed by atoms with Gasteiger partial charge in [-0.3, -0.25) is 0 Å². The summed E-state index contributed by atoms with van der Waals surface area (Å²) in [7, 11) is 0. The minimum Gasteiger partial charge on any atom is -0.330 e. The molecule has 0 unspecified atom stereocenters. The Morgan fingerprint density at radius 1 is 1.06 bits per heavy atom. The van der Waals surface area contributed by atoms with Crippen LogP contribution in [-0.4, -0.2) is 6.54 Å². The molecule has 0 radical (unpaired) electrons. The van der Waals surface area contributed by atoms with Crippen LogP contribution >= 0.6 is 11.6 Å². The molecule has 0 heterocycles. The monoisotopic (exact) mass is 249 g/mol. The molecule has 2 rings (SSSR count). The fourth-order valence-corrected chi connectivity index (χ4v) is 1.96. The van der Waals surface area contributed by atoms with Crippen molar-refractivity contribution in [2.75, 3.05) is 6.54 Å². The van der Waals surface area contributed by atoms with E-state index in [1.807, 2.05) is 30.3 Å². The Labute approximate surface area is 105 Å². The highest BCUT2D eigenvalue weighted by Crippen LogP contribution is 2.24. The van der Waals surface area contributed by atoms with E-state index in [1.165, 1.54) is 6.07 Å². The molecule has 0 aromatic heterocycles. The number of hydrogen-bond donors (Lipinski definition) is 1. The lowest BCUT2D eigenvalue weighted by molar-refractivity contribution is 0.610. The molecule has 0 atom stereocenters. The molecule has 3 heteroatoms. The average Bonchev–Trinajstić information content (AvgIpc) is 2.32. The van der Waals surface area contributed by atoms with Crippen molar-refractivity contribution in [3.05, 3.63) is 58.9 Å². The maximum absolute atomic E-state index is 13.5. The lowest BCUT2D eigenvalue weighted by Crippen LogP contribution is -2.04. The van der Waals surface area contributed by atoms with Crippen LogP contribution in [0.25, 0.3) is 11.1 Å². The van der Waals surface area contributed by atoms with E-state index in [-0.39, 0.29) is 5.82 Å². The molecule has 1 nitrogen and oxygen atoms in total. The summed E-state index contributed by atoms with van der Waals surface area (Å²) in [5.41, 5.74) is 8.04. The Balaban J connectivity index is 2.42. The zero-order chi connectivity index (χ0) is 12.3. The molecule has 0 amide bonds. The number of hydrogen-bond acceptors (Lipinski definition) is 1. The van der Waals surface area contributed by atoms with Crippen LogP contribution in [0.5, 0.6) is 0 Å². The standard InChI is InChI=1S/C14H13ClFN/c15-13-3-1-2-10(9-13)11-4-5-14(16)12(8-11)6-7-17/h1-5,8-9H,6-7,17H2. The van der Waals surface area contributed by atoms with Crippen molar-refractivity contribution < 1.29 is 4.39 Å². The second-order valence-electron chi connectivity index (χ2n) is 3.86. The minimum absolute atomic E-state index is 0.207. The third-order valence-electron chi connectivity index (χ3n) is 2.62. The molecule has 0 bridgehead atoms. The quantitative estimate of drug-likeness (QED) is 0.883. The molecule has 0 aliphatic heterocycles. The normalized spacial score (nSPS) is 10.5. The fourth-order valence-electron chi connectivity index (χ4n) is 1.77. The maximum atomic E-state index is 13.5. The van der Waals surface area contributed by atoms with Crippen LogP contribution in [0.4, 0.5) is 4.39 Å². The minimum atomic E-state index is -0.207. The van der Waals surface area contributed by atoms with Gasteiger partial charge in [-0.15, -0.1) is 0 Å². The van der Waals surface area contributed by atoms with Crippen molar-refractivity contribution >= 4 is 11.6 Å². The van der Waals surface area contributed by atoms with Gasteiger partial charge in [-0.1, -0.05) is 29.8 Å². The van der Waals surface area contributed by atoms with Crippen LogP contribution in [0.2, 0.25) is 5.02 Å². The third-order valence-corrected chi connectivity index (χ3v) is 2.85. The molecule has 0 aliphatic rings. The molecule has 2 aromatic carbocycles. The van der Waals surface area contributed by atoms with Gasteiger partial charge in [-0.2, -0.15) is 0 Å². The van der Waals surface area contributed by atoms with Gasteiger partial charge in [0.1, 0.15) is 5.82 Å². The molecule has 0 saturated carbocycles. The average molecular weight is 250 g/mol. The van der Waals surface area contributed by atoms with E-state index < -0.39 is 0 Å². The van der Waals surface area contributed by atoms with Gasteiger partial charge in [0.15, 0.2) is 0 Å². The van der Waals surface area contributed by atoms with Gasteiger partial charge in [0.2, 0.25) is 0 Å². The largest absolute Gasteiger partial charge is 0.330 e. The van der Waals surface area contributed by atoms with Gasteiger partial charge < -0.3 is 5.73 Å². The Morgan fingerprint density at radius 2 is 1.82 bits per heavy atom. The topological polar surface area (TPSA) is 26.0 Å². The molecule has 0 saturated heterocycles. The van der Waals surface area contributed by atoms with E-state index in [2.05, 4.69) is 0 Å². The smallest absolute Gasteiger partial charge is 0.126 e. The highest BCUT2D eigenvalue weighted by Gasteiger charge is 2.05. The predicted octanol–water partition coefficient (Wildman–Crippen LogP) is 3.65. The second kappa shape index (κ2) is 5.30. The number of halogens is 2. The van der Waals surface area contributed by atoms with Crippen LogP contribution in [-0.2, 0) is 6.42 Å². The lowest BCUT2D eigenvalue weighted by atomic mass is 10.0. The molecule has 0 spiro atoms. The molecular formula is C14H13ClFN. The molecule has 88 valence electrons. The summed E-state index contributed by atoms with van der Waals surface area (Å²) < 4.78 is 13.5. The molecule has 17 heavy (non-hydrogen) atoms.